The number of fused-ring (bicyclic) bond motifs is 1. The van der Waals surface area contributed by atoms with Gasteiger partial charge >= 0.3 is 0 Å². The molecule has 10 heteroatoms. The molecule has 2 amide bonds. The molecule has 0 bridgehead atoms. The zero-order valence-corrected chi connectivity index (χ0v) is 17.6. The van der Waals surface area contributed by atoms with Gasteiger partial charge in [0.15, 0.2) is 0 Å². The molecule has 1 aliphatic rings. The standard InChI is InChI=1S/C21H21N5O4S/c1-31(29,30)26-11-5-8-15-12-16(9-10-19(15)26)20(27)24-25-21(28)18-13-17(22-23-18)14-6-3-2-4-7-14/h2-4,6-7,9-10,12-13H,5,8,11H2,1H3,(H,22,23)(H,24,27)(H,25,28). The molecule has 0 saturated carbocycles. The predicted octanol–water partition coefficient (Wildman–Crippen LogP) is 1.86. The smallest absolute Gasteiger partial charge is 0.272 e. The quantitative estimate of drug-likeness (QED) is 0.535. The number of aryl methyl sites for hydroxylation is 1. The van der Waals surface area contributed by atoms with Crippen molar-refractivity contribution < 1.29 is 18.0 Å². The van der Waals surface area contributed by atoms with Crippen molar-refractivity contribution >= 4 is 27.5 Å². The molecular weight excluding hydrogens is 418 g/mol. The van der Waals surface area contributed by atoms with Crippen molar-refractivity contribution in [3.63, 3.8) is 0 Å². The Hall–Kier alpha value is -3.66. The summed E-state index contributed by atoms with van der Waals surface area (Å²) >= 11 is 0. The fourth-order valence-corrected chi connectivity index (χ4v) is 4.49. The minimum absolute atomic E-state index is 0.202. The number of anilines is 1. The van der Waals surface area contributed by atoms with Crippen LogP contribution in [0.15, 0.2) is 54.6 Å². The monoisotopic (exact) mass is 439 g/mol. The van der Waals surface area contributed by atoms with Gasteiger partial charge in [-0.3, -0.25) is 29.8 Å². The van der Waals surface area contributed by atoms with Crippen LogP contribution in [0.2, 0.25) is 0 Å². The van der Waals surface area contributed by atoms with Crippen LogP contribution in [-0.4, -0.2) is 43.2 Å². The summed E-state index contributed by atoms with van der Waals surface area (Å²) in [5.41, 5.74) is 8.09. The Kier molecular flexibility index (Phi) is 5.47. The van der Waals surface area contributed by atoms with Gasteiger partial charge in [0.1, 0.15) is 5.69 Å². The Balaban J connectivity index is 1.42. The van der Waals surface area contributed by atoms with E-state index in [9.17, 15) is 18.0 Å². The third-order valence-corrected chi connectivity index (χ3v) is 6.18. The zero-order valence-electron chi connectivity index (χ0n) is 16.8. The molecule has 31 heavy (non-hydrogen) atoms. The van der Waals surface area contributed by atoms with Crippen molar-refractivity contribution in [2.45, 2.75) is 12.8 Å². The van der Waals surface area contributed by atoms with Crippen LogP contribution in [0.25, 0.3) is 11.3 Å². The van der Waals surface area contributed by atoms with Crippen LogP contribution in [0.3, 0.4) is 0 Å². The first-order valence-corrected chi connectivity index (χ1v) is 11.5. The zero-order chi connectivity index (χ0) is 22.0. The second kappa shape index (κ2) is 8.23. The molecule has 0 spiro atoms. The van der Waals surface area contributed by atoms with Crippen LogP contribution in [0, 0.1) is 0 Å². The van der Waals surface area contributed by atoms with E-state index in [1.807, 2.05) is 30.3 Å². The lowest BCUT2D eigenvalue weighted by Crippen LogP contribution is -2.42. The molecule has 0 radical (unpaired) electrons. The van der Waals surface area contributed by atoms with Crippen LogP contribution in [0.5, 0.6) is 0 Å². The van der Waals surface area contributed by atoms with E-state index < -0.39 is 21.8 Å². The molecule has 1 aliphatic heterocycles. The van der Waals surface area contributed by atoms with Crippen LogP contribution in [0.4, 0.5) is 5.69 Å². The number of aromatic nitrogens is 2. The van der Waals surface area contributed by atoms with Gasteiger partial charge in [-0.05, 0) is 42.7 Å². The highest BCUT2D eigenvalue weighted by Gasteiger charge is 2.24. The van der Waals surface area contributed by atoms with E-state index in [0.29, 0.717) is 36.3 Å². The van der Waals surface area contributed by atoms with Crippen molar-refractivity contribution in [1.29, 1.82) is 0 Å². The number of H-pyrrole nitrogens is 1. The number of benzene rings is 2. The SMILES string of the molecule is CS(=O)(=O)N1CCCc2cc(C(=O)NNC(=O)c3cc(-c4ccccc4)n[nH]3)ccc21. The Morgan fingerprint density at radius 1 is 1.03 bits per heavy atom. The number of hydrogen-bond acceptors (Lipinski definition) is 5. The number of nitrogens with one attached hydrogen (secondary N) is 3. The minimum Gasteiger partial charge on any atom is -0.272 e. The molecule has 160 valence electrons. The number of rotatable bonds is 4. The van der Waals surface area contributed by atoms with Crippen molar-refractivity contribution in [1.82, 2.24) is 21.0 Å². The first-order chi connectivity index (χ1) is 14.8. The second-order valence-electron chi connectivity index (χ2n) is 7.22. The van der Waals surface area contributed by atoms with Crippen molar-refractivity contribution in [2.24, 2.45) is 0 Å². The molecule has 0 saturated heterocycles. The molecule has 3 aromatic rings. The third kappa shape index (κ3) is 4.43. The highest BCUT2D eigenvalue weighted by Crippen LogP contribution is 2.29. The molecule has 9 nitrogen and oxygen atoms in total. The number of carbonyl (C=O) groups excluding carboxylic acids is 2. The molecule has 1 aromatic heterocycles. The van der Waals surface area contributed by atoms with E-state index in [-0.39, 0.29) is 5.69 Å². The molecule has 2 aromatic carbocycles. The Bertz CT molecular complexity index is 1240. The highest BCUT2D eigenvalue weighted by molar-refractivity contribution is 7.92. The van der Waals surface area contributed by atoms with E-state index in [4.69, 9.17) is 0 Å². The van der Waals surface area contributed by atoms with E-state index >= 15 is 0 Å². The summed E-state index contributed by atoms with van der Waals surface area (Å²) in [6.45, 7) is 0.419. The van der Waals surface area contributed by atoms with Gasteiger partial charge in [0.2, 0.25) is 10.0 Å². The van der Waals surface area contributed by atoms with Crippen molar-refractivity contribution in [3.05, 3.63) is 71.4 Å². The predicted molar refractivity (Wildman–Crippen MR) is 116 cm³/mol. The van der Waals surface area contributed by atoms with E-state index in [1.165, 1.54) is 10.4 Å². The third-order valence-electron chi connectivity index (χ3n) is 5.00. The van der Waals surface area contributed by atoms with E-state index in [2.05, 4.69) is 21.0 Å². The van der Waals surface area contributed by atoms with Gasteiger partial charge in [-0.25, -0.2) is 8.42 Å². The van der Waals surface area contributed by atoms with Gasteiger partial charge in [-0.1, -0.05) is 30.3 Å². The normalized spacial score (nSPS) is 13.4. The lowest BCUT2D eigenvalue weighted by Gasteiger charge is -2.29. The molecule has 3 N–H and O–H groups in total. The lowest BCUT2D eigenvalue weighted by molar-refractivity contribution is 0.0844. The number of carbonyl (C=O) groups is 2. The van der Waals surface area contributed by atoms with Gasteiger partial charge in [0.05, 0.1) is 17.6 Å². The molecule has 0 aliphatic carbocycles. The van der Waals surface area contributed by atoms with Gasteiger partial charge in [-0.15, -0.1) is 0 Å². The van der Waals surface area contributed by atoms with Gasteiger partial charge in [0.25, 0.3) is 11.8 Å². The van der Waals surface area contributed by atoms with Crippen LogP contribution >= 0.6 is 0 Å². The van der Waals surface area contributed by atoms with Gasteiger partial charge in [-0.2, -0.15) is 5.10 Å². The van der Waals surface area contributed by atoms with Crippen molar-refractivity contribution in [2.75, 3.05) is 17.1 Å². The van der Waals surface area contributed by atoms with E-state index in [0.717, 1.165) is 17.4 Å². The average molecular weight is 439 g/mol. The minimum atomic E-state index is -3.38. The fourth-order valence-electron chi connectivity index (χ4n) is 3.50. The first kappa shape index (κ1) is 20.6. The summed E-state index contributed by atoms with van der Waals surface area (Å²) < 4.78 is 25.3. The van der Waals surface area contributed by atoms with Crippen molar-refractivity contribution in [3.8, 4) is 11.3 Å². The number of hydrogen-bond donors (Lipinski definition) is 3. The maximum Gasteiger partial charge on any atom is 0.287 e. The van der Waals surface area contributed by atoms with Crippen LogP contribution in [0.1, 0.15) is 32.8 Å². The summed E-state index contributed by atoms with van der Waals surface area (Å²) in [5, 5.41) is 6.77. The summed E-state index contributed by atoms with van der Waals surface area (Å²) in [7, 11) is -3.38. The highest BCUT2D eigenvalue weighted by atomic mass is 32.2. The number of sulfonamides is 1. The van der Waals surface area contributed by atoms with E-state index in [1.54, 1.807) is 18.2 Å². The molecule has 0 atom stereocenters. The first-order valence-electron chi connectivity index (χ1n) is 9.65. The number of nitrogens with zero attached hydrogens (tertiary/aromatic N) is 2. The summed E-state index contributed by atoms with van der Waals surface area (Å²) in [5.74, 6) is -1.04. The Morgan fingerprint density at radius 3 is 2.52 bits per heavy atom. The summed E-state index contributed by atoms with van der Waals surface area (Å²) in [6, 6.07) is 15.8. The van der Waals surface area contributed by atoms with Gasteiger partial charge < -0.3 is 0 Å². The Morgan fingerprint density at radius 2 is 1.77 bits per heavy atom. The molecule has 4 rings (SSSR count). The molecule has 0 unspecified atom stereocenters. The van der Waals surface area contributed by atoms with Gasteiger partial charge in [0, 0.05) is 17.7 Å². The van der Waals surface area contributed by atoms with Crippen LogP contribution < -0.4 is 15.2 Å². The maximum absolute atomic E-state index is 12.5. The second-order valence-corrected chi connectivity index (χ2v) is 9.13. The summed E-state index contributed by atoms with van der Waals surface area (Å²) in [4.78, 5) is 24.8. The molecule has 2 heterocycles. The molecular formula is C21H21N5O4S. The lowest BCUT2D eigenvalue weighted by atomic mass is 10.0. The number of hydrazine groups is 1. The van der Waals surface area contributed by atoms with Crippen LogP contribution in [-0.2, 0) is 16.4 Å². The fraction of sp³-hybridized carbons (Fsp3) is 0.190. The summed E-state index contributed by atoms with van der Waals surface area (Å²) in [6.07, 6.45) is 2.51. The Labute approximate surface area is 179 Å². The average Bonchev–Trinajstić information content (AvgIpc) is 3.27. The topological polar surface area (TPSA) is 124 Å². The number of amides is 2. The largest absolute Gasteiger partial charge is 0.287 e. The molecule has 0 fully saturated rings. The number of aromatic amines is 1. The maximum atomic E-state index is 12.5.